The lowest BCUT2D eigenvalue weighted by atomic mass is 9.33. The largest absolute Gasteiger partial charge is 0.462 e. The topological polar surface area (TPSA) is 52.6 Å². The SMILES string of the molecule is CC(=O)O[C@H]1CC[C@]2(C)[C@H]3[C@H](OC(C)=O)C=C4[C@@H]5[C@@H](C)[C@H](C)CC[C@@]5(C)CC[C@@]4(C)[C@]3(C)CC[C@H]2C1(C)C. The molecule has 11 atom stereocenters. The van der Waals surface area contributed by atoms with Gasteiger partial charge in [-0.05, 0) is 103 Å². The van der Waals surface area contributed by atoms with Crippen molar-refractivity contribution >= 4 is 11.9 Å². The first-order valence-corrected chi connectivity index (χ1v) is 15.6. The van der Waals surface area contributed by atoms with Crippen molar-refractivity contribution in [1.29, 1.82) is 0 Å². The van der Waals surface area contributed by atoms with Gasteiger partial charge in [-0.25, -0.2) is 0 Å². The van der Waals surface area contributed by atoms with Gasteiger partial charge >= 0.3 is 11.9 Å². The summed E-state index contributed by atoms with van der Waals surface area (Å²) in [6.45, 7) is 22.9. The van der Waals surface area contributed by atoms with Crippen molar-refractivity contribution in [1.82, 2.24) is 0 Å². The van der Waals surface area contributed by atoms with Gasteiger partial charge in [0.1, 0.15) is 12.2 Å². The standard InChI is InChI=1S/C34H54O4/c1-20-11-14-31(7)17-18-33(9)24(28(31)21(20)2)19-25(37-22(3)35)29-32(8)15-13-27(38-23(4)36)30(5,6)26(32)12-16-34(29,33)10/h19-21,25-29H,11-18H2,1-10H3/t20-,21+,25-,26+,27+,28+,29-,31+,32+,33-,34-/m1/s1. The van der Waals surface area contributed by atoms with Crippen LogP contribution in [0.25, 0.3) is 0 Å². The number of fused-ring (bicyclic) bond motifs is 7. The van der Waals surface area contributed by atoms with Crippen LogP contribution >= 0.6 is 0 Å². The highest BCUT2D eigenvalue weighted by Gasteiger charge is 2.70. The van der Waals surface area contributed by atoms with Crippen LogP contribution in [-0.2, 0) is 19.1 Å². The molecule has 0 spiro atoms. The Morgan fingerprint density at radius 2 is 1.47 bits per heavy atom. The zero-order chi connectivity index (χ0) is 28.1. The Morgan fingerprint density at radius 3 is 2.11 bits per heavy atom. The highest BCUT2D eigenvalue weighted by Crippen LogP contribution is 2.76. The molecule has 4 fully saturated rings. The van der Waals surface area contributed by atoms with Crippen molar-refractivity contribution in [3.8, 4) is 0 Å². The molecule has 0 amide bonds. The van der Waals surface area contributed by atoms with Gasteiger partial charge in [0.15, 0.2) is 0 Å². The Morgan fingerprint density at radius 1 is 0.816 bits per heavy atom. The van der Waals surface area contributed by atoms with Gasteiger partial charge in [-0.3, -0.25) is 9.59 Å². The predicted molar refractivity (Wildman–Crippen MR) is 151 cm³/mol. The van der Waals surface area contributed by atoms with Crippen LogP contribution in [0.5, 0.6) is 0 Å². The molecule has 38 heavy (non-hydrogen) atoms. The van der Waals surface area contributed by atoms with Crippen LogP contribution in [0.3, 0.4) is 0 Å². The lowest BCUT2D eigenvalue weighted by Gasteiger charge is -2.72. The van der Waals surface area contributed by atoms with Crippen LogP contribution in [0, 0.1) is 56.7 Å². The van der Waals surface area contributed by atoms with Gasteiger partial charge < -0.3 is 9.47 Å². The Kier molecular flexibility index (Phi) is 6.56. The fraction of sp³-hybridized carbons (Fsp3) is 0.882. The summed E-state index contributed by atoms with van der Waals surface area (Å²) in [5, 5.41) is 0. The molecule has 0 unspecified atom stereocenters. The maximum atomic E-state index is 12.6. The van der Waals surface area contributed by atoms with Crippen LogP contribution in [0.2, 0.25) is 0 Å². The van der Waals surface area contributed by atoms with E-state index >= 15 is 0 Å². The Hall–Kier alpha value is -1.32. The monoisotopic (exact) mass is 526 g/mol. The van der Waals surface area contributed by atoms with Gasteiger partial charge in [0, 0.05) is 25.2 Å². The predicted octanol–water partition coefficient (Wildman–Crippen LogP) is 8.14. The van der Waals surface area contributed by atoms with Crippen LogP contribution in [0.1, 0.15) is 121 Å². The van der Waals surface area contributed by atoms with Crippen molar-refractivity contribution in [2.24, 2.45) is 56.7 Å². The van der Waals surface area contributed by atoms with Gasteiger partial charge in [0.25, 0.3) is 0 Å². The first-order valence-electron chi connectivity index (χ1n) is 15.6. The summed E-state index contributed by atoms with van der Waals surface area (Å²) in [5.41, 5.74) is 2.00. The van der Waals surface area contributed by atoms with E-state index in [1.54, 1.807) is 12.5 Å². The number of rotatable bonds is 2. The zero-order valence-corrected chi connectivity index (χ0v) is 25.9. The van der Waals surface area contributed by atoms with E-state index in [-0.39, 0.29) is 51.7 Å². The lowest BCUT2D eigenvalue weighted by molar-refractivity contribution is -0.234. The van der Waals surface area contributed by atoms with Crippen LogP contribution < -0.4 is 0 Å². The highest BCUT2D eigenvalue weighted by atomic mass is 16.5. The zero-order valence-electron chi connectivity index (χ0n) is 25.9. The average molecular weight is 527 g/mol. The van der Waals surface area contributed by atoms with Gasteiger partial charge in [-0.2, -0.15) is 0 Å². The highest BCUT2D eigenvalue weighted by molar-refractivity contribution is 5.67. The maximum absolute atomic E-state index is 12.6. The summed E-state index contributed by atoms with van der Waals surface area (Å²) in [7, 11) is 0. The van der Waals surface area contributed by atoms with E-state index in [4.69, 9.17) is 9.47 Å². The van der Waals surface area contributed by atoms with Gasteiger partial charge in [-0.15, -0.1) is 0 Å². The van der Waals surface area contributed by atoms with Gasteiger partial charge in [-0.1, -0.05) is 61.0 Å². The number of carbonyl (C=O) groups excluding carboxylic acids is 2. The second kappa shape index (κ2) is 8.84. The first-order chi connectivity index (χ1) is 17.5. The second-order valence-corrected chi connectivity index (χ2v) is 16.0. The molecule has 5 aliphatic carbocycles. The van der Waals surface area contributed by atoms with E-state index in [0.29, 0.717) is 23.2 Å². The molecule has 0 heterocycles. The van der Waals surface area contributed by atoms with E-state index in [1.807, 2.05) is 0 Å². The van der Waals surface area contributed by atoms with Crippen LogP contribution in [-0.4, -0.2) is 24.1 Å². The van der Waals surface area contributed by atoms with Crippen molar-refractivity contribution in [3.05, 3.63) is 11.6 Å². The molecule has 0 saturated heterocycles. The molecule has 4 nitrogen and oxygen atoms in total. The summed E-state index contributed by atoms with van der Waals surface area (Å²) >= 11 is 0. The van der Waals surface area contributed by atoms with E-state index in [0.717, 1.165) is 31.6 Å². The molecular formula is C34H54O4. The molecule has 0 radical (unpaired) electrons. The smallest absolute Gasteiger partial charge is 0.303 e. The molecule has 4 heteroatoms. The fourth-order valence-electron chi connectivity index (χ4n) is 11.6. The van der Waals surface area contributed by atoms with Crippen molar-refractivity contribution in [2.75, 3.05) is 0 Å². The van der Waals surface area contributed by atoms with Crippen molar-refractivity contribution in [3.63, 3.8) is 0 Å². The van der Waals surface area contributed by atoms with Crippen LogP contribution in [0.15, 0.2) is 11.6 Å². The number of esters is 2. The molecule has 5 aliphatic rings. The molecule has 0 aromatic heterocycles. The third-order valence-electron chi connectivity index (χ3n) is 13.9. The van der Waals surface area contributed by atoms with Gasteiger partial charge in [0.2, 0.25) is 0 Å². The molecule has 0 N–H and O–H groups in total. The van der Waals surface area contributed by atoms with E-state index in [2.05, 4.69) is 61.5 Å². The lowest BCUT2D eigenvalue weighted by Crippen LogP contribution is -2.68. The maximum Gasteiger partial charge on any atom is 0.303 e. The molecule has 0 aliphatic heterocycles. The summed E-state index contributed by atoms with van der Waals surface area (Å²) in [5.74, 6) is 2.24. The molecular weight excluding hydrogens is 472 g/mol. The van der Waals surface area contributed by atoms with Crippen molar-refractivity contribution < 1.29 is 19.1 Å². The van der Waals surface area contributed by atoms with Crippen molar-refractivity contribution in [2.45, 2.75) is 133 Å². The number of allylic oxidation sites excluding steroid dienone is 1. The second-order valence-electron chi connectivity index (χ2n) is 16.0. The van der Waals surface area contributed by atoms with E-state index in [1.165, 1.54) is 32.6 Å². The summed E-state index contributed by atoms with van der Waals surface area (Å²) < 4.78 is 12.3. The first kappa shape index (κ1) is 28.2. The third kappa shape index (κ3) is 3.73. The molecule has 0 aromatic rings. The number of hydrogen-bond donors (Lipinski definition) is 0. The normalized spacial score (nSPS) is 51.3. The summed E-state index contributed by atoms with van der Waals surface area (Å²) in [6, 6.07) is 0. The Bertz CT molecular complexity index is 1030. The Balaban J connectivity index is 1.65. The minimum Gasteiger partial charge on any atom is -0.462 e. The minimum atomic E-state index is -0.193. The average Bonchev–Trinajstić information content (AvgIpc) is 2.79. The van der Waals surface area contributed by atoms with E-state index < -0.39 is 0 Å². The molecule has 214 valence electrons. The Labute approximate surface area is 232 Å². The summed E-state index contributed by atoms with van der Waals surface area (Å²) in [6.07, 6.45) is 11.5. The third-order valence-corrected chi connectivity index (χ3v) is 13.9. The fourth-order valence-corrected chi connectivity index (χ4v) is 11.6. The molecule has 4 saturated carbocycles. The molecule has 5 rings (SSSR count). The van der Waals surface area contributed by atoms with Crippen LogP contribution in [0.4, 0.5) is 0 Å². The number of ether oxygens (including phenoxy) is 2. The number of carbonyl (C=O) groups is 2. The quantitative estimate of drug-likeness (QED) is 0.269. The van der Waals surface area contributed by atoms with Gasteiger partial charge in [0.05, 0.1) is 0 Å². The molecule has 0 bridgehead atoms. The minimum absolute atomic E-state index is 0.00449. The summed E-state index contributed by atoms with van der Waals surface area (Å²) in [4.78, 5) is 24.6. The molecule has 0 aromatic carbocycles. The van der Waals surface area contributed by atoms with E-state index in [9.17, 15) is 9.59 Å². The number of hydrogen-bond acceptors (Lipinski definition) is 4.